The molecule has 0 atom stereocenters. The summed E-state index contributed by atoms with van der Waals surface area (Å²) in [6.45, 7) is 2.40. The first-order valence-corrected chi connectivity index (χ1v) is 5.86. The Bertz CT molecular complexity index is 350. The molecule has 0 aromatic heterocycles. The van der Waals surface area contributed by atoms with Gasteiger partial charge in [0.15, 0.2) is 5.78 Å². The van der Waals surface area contributed by atoms with Crippen molar-refractivity contribution < 1.29 is 14.6 Å². The third kappa shape index (κ3) is 3.23. The molecule has 0 amide bonds. The summed E-state index contributed by atoms with van der Waals surface area (Å²) in [6, 6.07) is 4.74. The van der Waals surface area contributed by atoms with Gasteiger partial charge in [-0.15, -0.1) is 0 Å². The lowest BCUT2D eigenvalue weighted by Crippen LogP contribution is -2.00. The Labute approximate surface area is 97.2 Å². The van der Waals surface area contributed by atoms with E-state index in [0.717, 1.165) is 0 Å². The molecule has 0 bridgehead atoms. The molecule has 1 rings (SSSR count). The number of benzene rings is 1. The monoisotopic (exact) mass is 272 g/mol. The van der Waals surface area contributed by atoms with Crippen molar-refractivity contribution in [2.45, 2.75) is 13.3 Å². The molecule has 0 heterocycles. The first-order valence-electron chi connectivity index (χ1n) is 4.74. The van der Waals surface area contributed by atoms with Crippen LogP contribution in [0, 0.1) is 0 Å². The average Bonchev–Trinajstić information content (AvgIpc) is 2.18. The molecule has 0 radical (unpaired) electrons. The maximum absolute atomic E-state index is 11.5. The standard InChI is InChI=1S/C11H13BrO3/c1-2-15-8-3-4-9(11(14)7-8)10(13)5-6-12/h3-4,7,14H,2,5-6H2,1H3. The predicted octanol–water partition coefficient (Wildman–Crippen LogP) is 2.76. The van der Waals surface area contributed by atoms with Crippen molar-refractivity contribution in [1.82, 2.24) is 0 Å². The second kappa shape index (κ2) is 5.75. The Kier molecular flexibility index (Phi) is 4.62. The number of rotatable bonds is 5. The fourth-order valence-corrected chi connectivity index (χ4v) is 1.58. The first-order chi connectivity index (χ1) is 7.19. The predicted molar refractivity (Wildman–Crippen MR) is 62.0 cm³/mol. The van der Waals surface area contributed by atoms with Crippen LogP contribution in [0.2, 0.25) is 0 Å². The molecule has 0 aliphatic carbocycles. The fourth-order valence-electron chi connectivity index (χ4n) is 1.22. The third-order valence-electron chi connectivity index (χ3n) is 1.90. The summed E-state index contributed by atoms with van der Waals surface area (Å²) in [5.74, 6) is 0.477. The summed E-state index contributed by atoms with van der Waals surface area (Å²) < 4.78 is 5.20. The van der Waals surface area contributed by atoms with Gasteiger partial charge < -0.3 is 9.84 Å². The summed E-state index contributed by atoms with van der Waals surface area (Å²) in [7, 11) is 0. The van der Waals surface area contributed by atoms with Gasteiger partial charge in [-0.3, -0.25) is 4.79 Å². The second-order valence-electron chi connectivity index (χ2n) is 2.97. The molecule has 0 unspecified atom stereocenters. The van der Waals surface area contributed by atoms with Gasteiger partial charge >= 0.3 is 0 Å². The SMILES string of the molecule is CCOc1ccc(C(=O)CCBr)c(O)c1. The molecule has 15 heavy (non-hydrogen) atoms. The molecule has 0 aliphatic heterocycles. The number of alkyl halides is 1. The minimum atomic E-state index is -0.0765. The van der Waals surface area contributed by atoms with Crippen LogP contribution in [-0.2, 0) is 0 Å². The van der Waals surface area contributed by atoms with Crippen molar-refractivity contribution in [1.29, 1.82) is 0 Å². The smallest absolute Gasteiger partial charge is 0.167 e. The first kappa shape index (κ1) is 12.0. The molecule has 1 aromatic carbocycles. The number of Topliss-reactive ketones (excluding diaryl/α,β-unsaturated/α-hetero) is 1. The zero-order valence-electron chi connectivity index (χ0n) is 8.50. The zero-order chi connectivity index (χ0) is 11.3. The number of phenolic OH excluding ortho intramolecular Hbond substituents is 1. The van der Waals surface area contributed by atoms with Gasteiger partial charge in [0.25, 0.3) is 0 Å². The number of carbonyl (C=O) groups excluding carboxylic acids is 1. The Hall–Kier alpha value is -1.03. The Morgan fingerprint density at radius 3 is 2.80 bits per heavy atom. The minimum absolute atomic E-state index is 0.0214. The van der Waals surface area contributed by atoms with Gasteiger partial charge in [0.2, 0.25) is 0 Å². The minimum Gasteiger partial charge on any atom is -0.507 e. The van der Waals surface area contributed by atoms with E-state index >= 15 is 0 Å². The normalized spacial score (nSPS) is 10.0. The molecular formula is C11H13BrO3. The third-order valence-corrected chi connectivity index (χ3v) is 2.30. The van der Waals surface area contributed by atoms with E-state index in [-0.39, 0.29) is 11.5 Å². The highest BCUT2D eigenvalue weighted by Gasteiger charge is 2.10. The van der Waals surface area contributed by atoms with E-state index in [4.69, 9.17) is 4.74 Å². The van der Waals surface area contributed by atoms with Crippen molar-refractivity contribution in [2.24, 2.45) is 0 Å². The van der Waals surface area contributed by atoms with E-state index in [0.29, 0.717) is 29.7 Å². The van der Waals surface area contributed by atoms with E-state index in [1.54, 1.807) is 12.1 Å². The lowest BCUT2D eigenvalue weighted by Gasteiger charge is -2.06. The van der Waals surface area contributed by atoms with Gasteiger partial charge in [0.05, 0.1) is 12.2 Å². The molecule has 0 fully saturated rings. The Morgan fingerprint density at radius 1 is 1.53 bits per heavy atom. The van der Waals surface area contributed by atoms with Gasteiger partial charge in [0.1, 0.15) is 11.5 Å². The molecule has 0 spiro atoms. The highest BCUT2D eigenvalue weighted by atomic mass is 79.9. The van der Waals surface area contributed by atoms with E-state index < -0.39 is 0 Å². The molecule has 1 N–H and O–H groups in total. The van der Waals surface area contributed by atoms with Crippen LogP contribution in [0.1, 0.15) is 23.7 Å². The average molecular weight is 273 g/mol. The summed E-state index contributed by atoms with van der Waals surface area (Å²) in [5, 5.41) is 10.2. The summed E-state index contributed by atoms with van der Waals surface area (Å²) >= 11 is 3.18. The van der Waals surface area contributed by atoms with Crippen LogP contribution in [0.25, 0.3) is 0 Å². The Morgan fingerprint density at radius 2 is 2.27 bits per heavy atom. The fraction of sp³-hybridized carbons (Fsp3) is 0.364. The van der Waals surface area contributed by atoms with Crippen molar-refractivity contribution in [3.05, 3.63) is 23.8 Å². The van der Waals surface area contributed by atoms with Crippen LogP contribution < -0.4 is 4.74 Å². The van der Waals surface area contributed by atoms with Gasteiger partial charge in [-0.2, -0.15) is 0 Å². The van der Waals surface area contributed by atoms with Crippen molar-refractivity contribution in [3.8, 4) is 11.5 Å². The Balaban J connectivity index is 2.87. The van der Waals surface area contributed by atoms with E-state index in [9.17, 15) is 9.90 Å². The topological polar surface area (TPSA) is 46.5 Å². The lowest BCUT2D eigenvalue weighted by molar-refractivity contribution is 0.0987. The van der Waals surface area contributed by atoms with E-state index in [2.05, 4.69) is 15.9 Å². The number of hydrogen-bond donors (Lipinski definition) is 1. The number of halogens is 1. The molecule has 4 heteroatoms. The van der Waals surface area contributed by atoms with Crippen molar-refractivity contribution in [2.75, 3.05) is 11.9 Å². The molecule has 1 aromatic rings. The van der Waals surface area contributed by atoms with Crippen LogP contribution in [0.4, 0.5) is 0 Å². The quantitative estimate of drug-likeness (QED) is 0.662. The maximum Gasteiger partial charge on any atom is 0.167 e. The molecule has 0 aliphatic rings. The molecular weight excluding hydrogens is 260 g/mol. The van der Waals surface area contributed by atoms with Crippen molar-refractivity contribution in [3.63, 3.8) is 0 Å². The van der Waals surface area contributed by atoms with Gasteiger partial charge in [-0.1, -0.05) is 15.9 Å². The van der Waals surface area contributed by atoms with Gasteiger partial charge in [-0.25, -0.2) is 0 Å². The number of carbonyl (C=O) groups is 1. The molecule has 3 nitrogen and oxygen atoms in total. The van der Waals surface area contributed by atoms with Gasteiger partial charge in [0, 0.05) is 17.8 Å². The zero-order valence-corrected chi connectivity index (χ0v) is 10.1. The largest absolute Gasteiger partial charge is 0.507 e. The molecule has 0 saturated heterocycles. The van der Waals surface area contributed by atoms with Crippen LogP contribution >= 0.6 is 15.9 Å². The van der Waals surface area contributed by atoms with Gasteiger partial charge in [-0.05, 0) is 19.1 Å². The van der Waals surface area contributed by atoms with Crippen LogP contribution in [0.15, 0.2) is 18.2 Å². The maximum atomic E-state index is 11.5. The van der Waals surface area contributed by atoms with Crippen LogP contribution in [0.5, 0.6) is 11.5 Å². The highest BCUT2D eigenvalue weighted by Crippen LogP contribution is 2.24. The summed E-state index contributed by atoms with van der Waals surface area (Å²) in [6.07, 6.45) is 0.377. The van der Waals surface area contributed by atoms with Crippen LogP contribution in [0.3, 0.4) is 0 Å². The number of hydrogen-bond acceptors (Lipinski definition) is 3. The number of aromatic hydroxyl groups is 1. The van der Waals surface area contributed by atoms with E-state index in [1.165, 1.54) is 6.07 Å². The van der Waals surface area contributed by atoms with Crippen LogP contribution in [-0.4, -0.2) is 22.8 Å². The van der Waals surface area contributed by atoms with E-state index in [1.807, 2.05) is 6.92 Å². The number of phenols is 1. The highest BCUT2D eigenvalue weighted by molar-refractivity contribution is 9.09. The van der Waals surface area contributed by atoms with Crippen molar-refractivity contribution >= 4 is 21.7 Å². The molecule has 0 saturated carbocycles. The summed E-state index contributed by atoms with van der Waals surface area (Å²) in [5.41, 5.74) is 0.345. The molecule has 82 valence electrons. The number of ketones is 1. The number of ether oxygens (including phenoxy) is 1. The second-order valence-corrected chi connectivity index (χ2v) is 3.77. The lowest BCUT2D eigenvalue weighted by atomic mass is 10.1. The summed E-state index contributed by atoms with van der Waals surface area (Å²) in [4.78, 5) is 11.5.